The molecule has 0 aromatic rings. The monoisotopic (exact) mass is 141 g/mol. The van der Waals surface area contributed by atoms with Gasteiger partial charge in [-0.1, -0.05) is 13.8 Å². The second kappa shape index (κ2) is 2.91. The Kier molecular flexibility index (Phi) is 2.35. The van der Waals surface area contributed by atoms with Gasteiger partial charge in [-0.05, 0) is 38.6 Å². The van der Waals surface area contributed by atoms with Crippen molar-refractivity contribution in [3.63, 3.8) is 0 Å². The first-order valence-corrected chi connectivity index (χ1v) is 4.54. The molecule has 2 bridgehead atoms. The number of nitrogens with one attached hydrogen (secondary N) is 1. The molecular weight excluding hydrogens is 122 g/mol. The number of hydrogen-bond donors (Lipinski definition) is 1. The van der Waals surface area contributed by atoms with E-state index < -0.39 is 0 Å². The molecule has 1 heterocycles. The van der Waals surface area contributed by atoms with Gasteiger partial charge in [0.2, 0.25) is 0 Å². The summed E-state index contributed by atoms with van der Waals surface area (Å²) in [5.74, 6) is 1.03. The van der Waals surface area contributed by atoms with Gasteiger partial charge in [0, 0.05) is 5.54 Å². The third-order valence-electron chi connectivity index (χ3n) is 2.66. The summed E-state index contributed by atoms with van der Waals surface area (Å²) in [4.78, 5) is 0. The maximum atomic E-state index is 3.53. The second-order valence-electron chi connectivity index (χ2n) is 3.55. The van der Waals surface area contributed by atoms with Gasteiger partial charge in [0.1, 0.15) is 0 Å². The standard InChI is InChI=1S/C7H13N.C2H6/c1-7-3-2-6(4-7)5-8-7;1-2/h6,8H,2-5H2,1H3;1-2H3. The van der Waals surface area contributed by atoms with Crippen LogP contribution in [-0.4, -0.2) is 12.1 Å². The summed E-state index contributed by atoms with van der Waals surface area (Å²) in [5.41, 5.74) is 0.560. The first-order chi connectivity index (χ1) is 4.79. The summed E-state index contributed by atoms with van der Waals surface area (Å²) in [5, 5.41) is 3.53. The fraction of sp³-hybridized carbons (Fsp3) is 1.00. The van der Waals surface area contributed by atoms with Crippen LogP contribution in [0.2, 0.25) is 0 Å². The molecule has 10 heavy (non-hydrogen) atoms. The van der Waals surface area contributed by atoms with Crippen molar-refractivity contribution in [2.45, 2.75) is 45.6 Å². The smallest absolute Gasteiger partial charge is 0.0156 e. The zero-order chi connectivity index (χ0) is 7.61. The molecule has 1 saturated heterocycles. The van der Waals surface area contributed by atoms with Gasteiger partial charge < -0.3 is 5.32 Å². The van der Waals surface area contributed by atoms with Crippen molar-refractivity contribution in [1.82, 2.24) is 5.32 Å². The molecule has 1 aliphatic carbocycles. The Hall–Kier alpha value is -0.0400. The van der Waals surface area contributed by atoms with Crippen LogP contribution in [0.3, 0.4) is 0 Å². The molecule has 1 N–H and O–H groups in total. The van der Waals surface area contributed by atoms with Crippen molar-refractivity contribution in [3.05, 3.63) is 0 Å². The fourth-order valence-electron chi connectivity index (χ4n) is 2.09. The number of piperidine rings is 1. The zero-order valence-corrected chi connectivity index (χ0v) is 7.41. The van der Waals surface area contributed by atoms with Crippen molar-refractivity contribution in [2.75, 3.05) is 6.54 Å². The first kappa shape index (κ1) is 8.06. The lowest BCUT2D eigenvalue weighted by molar-refractivity contribution is 0.394. The highest BCUT2D eigenvalue weighted by Gasteiger charge is 2.40. The minimum absolute atomic E-state index is 0.560. The predicted molar refractivity (Wildman–Crippen MR) is 45.1 cm³/mol. The molecule has 1 nitrogen and oxygen atoms in total. The van der Waals surface area contributed by atoms with Gasteiger partial charge in [0.25, 0.3) is 0 Å². The minimum atomic E-state index is 0.560. The molecule has 1 heteroatoms. The molecule has 2 fully saturated rings. The second-order valence-corrected chi connectivity index (χ2v) is 3.55. The number of hydrogen-bond acceptors (Lipinski definition) is 1. The highest BCUT2D eigenvalue weighted by Crippen LogP contribution is 2.38. The third-order valence-corrected chi connectivity index (χ3v) is 2.66. The lowest BCUT2D eigenvalue weighted by atomic mass is 10.0. The minimum Gasteiger partial charge on any atom is -0.311 e. The van der Waals surface area contributed by atoms with Gasteiger partial charge in [-0.25, -0.2) is 0 Å². The van der Waals surface area contributed by atoms with E-state index in [4.69, 9.17) is 0 Å². The summed E-state index contributed by atoms with van der Waals surface area (Å²) in [6.45, 7) is 7.64. The molecular formula is C9H19N. The lowest BCUT2D eigenvalue weighted by Gasteiger charge is -2.21. The average molecular weight is 141 g/mol. The molecule has 2 rings (SSSR count). The highest BCUT2D eigenvalue weighted by atomic mass is 15.0. The molecule has 0 aromatic carbocycles. The Morgan fingerprint density at radius 3 is 2.20 bits per heavy atom. The van der Waals surface area contributed by atoms with E-state index in [1.807, 2.05) is 13.8 Å². The van der Waals surface area contributed by atoms with E-state index in [1.165, 1.54) is 25.8 Å². The zero-order valence-electron chi connectivity index (χ0n) is 7.41. The normalized spacial score (nSPS) is 42.9. The van der Waals surface area contributed by atoms with Crippen LogP contribution in [-0.2, 0) is 0 Å². The maximum Gasteiger partial charge on any atom is 0.0156 e. The first-order valence-electron chi connectivity index (χ1n) is 4.54. The molecule has 2 atom stereocenters. The summed E-state index contributed by atoms with van der Waals surface area (Å²) < 4.78 is 0. The number of rotatable bonds is 0. The molecule has 0 aromatic heterocycles. The molecule has 60 valence electrons. The molecule has 1 saturated carbocycles. The van der Waals surface area contributed by atoms with Crippen molar-refractivity contribution in [2.24, 2.45) is 5.92 Å². The Balaban J connectivity index is 0.000000231. The van der Waals surface area contributed by atoms with Gasteiger partial charge >= 0.3 is 0 Å². The topological polar surface area (TPSA) is 12.0 Å². The summed E-state index contributed by atoms with van der Waals surface area (Å²) in [6, 6.07) is 0. The average Bonchev–Trinajstić information content (AvgIpc) is 2.49. The molecule has 0 amide bonds. The van der Waals surface area contributed by atoms with Crippen LogP contribution in [0.25, 0.3) is 0 Å². The maximum absolute atomic E-state index is 3.53. The van der Waals surface area contributed by atoms with Crippen LogP contribution in [0.4, 0.5) is 0 Å². The Bertz CT molecular complexity index is 101. The van der Waals surface area contributed by atoms with E-state index in [9.17, 15) is 0 Å². The van der Waals surface area contributed by atoms with Gasteiger partial charge in [0.05, 0.1) is 0 Å². The SMILES string of the molecule is CC.CC12CCC(CN1)C2. The van der Waals surface area contributed by atoms with Gasteiger partial charge in [-0.2, -0.15) is 0 Å². The van der Waals surface area contributed by atoms with E-state index in [2.05, 4.69) is 12.2 Å². The van der Waals surface area contributed by atoms with Crippen molar-refractivity contribution in [1.29, 1.82) is 0 Å². The third kappa shape index (κ3) is 1.34. The van der Waals surface area contributed by atoms with Crippen LogP contribution in [0.15, 0.2) is 0 Å². The number of fused-ring (bicyclic) bond motifs is 2. The van der Waals surface area contributed by atoms with E-state index in [1.54, 1.807) is 0 Å². The fourth-order valence-corrected chi connectivity index (χ4v) is 2.09. The van der Waals surface area contributed by atoms with Crippen LogP contribution in [0, 0.1) is 5.92 Å². The van der Waals surface area contributed by atoms with Crippen molar-refractivity contribution >= 4 is 0 Å². The summed E-state index contributed by atoms with van der Waals surface area (Å²) >= 11 is 0. The van der Waals surface area contributed by atoms with Gasteiger partial charge in [-0.15, -0.1) is 0 Å². The quantitative estimate of drug-likeness (QED) is 0.545. The lowest BCUT2D eigenvalue weighted by Crippen LogP contribution is -2.36. The van der Waals surface area contributed by atoms with E-state index in [0.29, 0.717) is 5.54 Å². The van der Waals surface area contributed by atoms with Crippen LogP contribution < -0.4 is 5.32 Å². The Morgan fingerprint density at radius 1 is 1.40 bits per heavy atom. The largest absolute Gasteiger partial charge is 0.311 e. The van der Waals surface area contributed by atoms with Crippen molar-refractivity contribution in [3.8, 4) is 0 Å². The van der Waals surface area contributed by atoms with Crippen molar-refractivity contribution < 1.29 is 0 Å². The van der Waals surface area contributed by atoms with Gasteiger partial charge in [-0.3, -0.25) is 0 Å². The van der Waals surface area contributed by atoms with E-state index >= 15 is 0 Å². The summed E-state index contributed by atoms with van der Waals surface area (Å²) in [6.07, 6.45) is 4.33. The van der Waals surface area contributed by atoms with Gasteiger partial charge in [0.15, 0.2) is 0 Å². The summed E-state index contributed by atoms with van der Waals surface area (Å²) in [7, 11) is 0. The van der Waals surface area contributed by atoms with E-state index in [0.717, 1.165) is 5.92 Å². The molecule has 0 radical (unpaired) electrons. The van der Waals surface area contributed by atoms with Crippen LogP contribution in [0.5, 0.6) is 0 Å². The Labute approximate surface area is 64.2 Å². The van der Waals surface area contributed by atoms with Crippen LogP contribution in [0.1, 0.15) is 40.0 Å². The molecule has 0 spiro atoms. The Morgan fingerprint density at radius 2 is 2.10 bits per heavy atom. The molecule has 1 aliphatic heterocycles. The highest BCUT2D eigenvalue weighted by molar-refractivity contribution is 4.99. The van der Waals surface area contributed by atoms with E-state index in [-0.39, 0.29) is 0 Å². The molecule has 2 unspecified atom stereocenters. The van der Waals surface area contributed by atoms with Crippen LogP contribution >= 0.6 is 0 Å². The molecule has 2 aliphatic rings. The predicted octanol–water partition coefficient (Wildman–Crippen LogP) is 2.17.